The van der Waals surface area contributed by atoms with Crippen LogP contribution in [-0.2, 0) is 23.0 Å². The first-order chi connectivity index (χ1) is 8.66. The minimum atomic E-state index is -3.27. The van der Waals surface area contributed by atoms with Gasteiger partial charge in [-0.15, -0.1) is 0 Å². The molecule has 2 aromatic heterocycles. The van der Waals surface area contributed by atoms with Crippen LogP contribution in [0.15, 0.2) is 36.9 Å². The molecule has 0 aliphatic carbocycles. The van der Waals surface area contributed by atoms with Crippen molar-refractivity contribution >= 4 is 10.0 Å². The van der Waals surface area contributed by atoms with Crippen LogP contribution in [0.5, 0.6) is 0 Å². The van der Waals surface area contributed by atoms with Crippen LogP contribution in [-0.4, -0.2) is 29.4 Å². The van der Waals surface area contributed by atoms with Gasteiger partial charge < -0.3 is 0 Å². The first-order valence-corrected chi connectivity index (χ1v) is 7.15. The van der Waals surface area contributed by atoms with Crippen LogP contribution >= 0.6 is 0 Å². The molecule has 6 nitrogen and oxygen atoms in total. The first kappa shape index (κ1) is 12.7. The molecule has 2 rings (SSSR count). The van der Waals surface area contributed by atoms with E-state index in [0.717, 1.165) is 11.1 Å². The van der Waals surface area contributed by atoms with Gasteiger partial charge in [-0.05, 0) is 24.1 Å². The fraction of sp³-hybridized carbons (Fsp3) is 0.273. The second-order valence-corrected chi connectivity index (χ2v) is 5.78. The molecule has 18 heavy (non-hydrogen) atoms. The SMILES string of the molecule is O=S(=O)(CCc1ccncc1)NCc1cn[nH]c1. The molecule has 7 heteroatoms. The van der Waals surface area contributed by atoms with Crippen LogP contribution in [0.3, 0.4) is 0 Å². The van der Waals surface area contributed by atoms with E-state index in [9.17, 15) is 8.42 Å². The summed E-state index contributed by atoms with van der Waals surface area (Å²) in [7, 11) is -3.27. The number of H-pyrrole nitrogens is 1. The quantitative estimate of drug-likeness (QED) is 0.795. The van der Waals surface area contributed by atoms with E-state index in [1.165, 1.54) is 0 Å². The van der Waals surface area contributed by atoms with E-state index in [0.29, 0.717) is 6.42 Å². The average molecular weight is 266 g/mol. The molecule has 0 atom stereocenters. The van der Waals surface area contributed by atoms with Gasteiger partial charge >= 0.3 is 0 Å². The van der Waals surface area contributed by atoms with E-state index in [1.54, 1.807) is 24.8 Å². The summed E-state index contributed by atoms with van der Waals surface area (Å²) in [5, 5.41) is 6.38. The lowest BCUT2D eigenvalue weighted by Crippen LogP contribution is -2.26. The van der Waals surface area contributed by atoms with Gasteiger partial charge in [-0.3, -0.25) is 10.1 Å². The van der Waals surface area contributed by atoms with Crippen molar-refractivity contribution in [3.63, 3.8) is 0 Å². The van der Waals surface area contributed by atoms with Crippen molar-refractivity contribution in [1.82, 2.24) is 19.9 Å². The molecule has 0 unspecified atom stereocenters. The topological polar surface area (TPSA) is 87.7 Å². The minimum Gasteiger partial charge on any atom is -0.285 e. The molecule has 0 aromatic carbocycles. The van der Waals surface area contributed by atoms with E-state index in [4.69, 9.17) is 0 Å². The number of sulfonamides is 1. The normalized spacial score (nSPS) is 11.6. The van der Waals surface area contributed by atoms with Crippen molar-refractivity contribution in [2.24, 2.45) is 0 Å². The summed E-state index contributed by atoms with van der Waals surface area (Å²) >= 11 is 0. The highest BCUT2D eigenvalue weighted by Gasteiger charge is 2.10. The van der Waals surface area contributed by atoms with Crippen molar-refractivity contribution in [3.8, 4) is 0 Å². The molecule has 0 amide bonds. The molecule has 0 aliphatic rings. The number of nitrogens with one attached hydrogen (secondary N) is 2. The number of aryl methyl sites for hydroxylation is 1. The Hall–Kier alpha value is -1.73. The molecule has 96 valence electrons. The molecule has 0 bridgehead atoms. The Kier molecular flexibility index (Phi) is 4.06. The van der Waals surface area contributed by atoms with Crippen LogP contribution in [0.2, 0.25) is 0 Å². The van der Waals surface area contributed by atoms with E-state index in [-0.39, 0.29) is 12.3 Å². The zero-order valence-electron chi connectivity index (χ0n) is 9.70. The predicted octanol–water partition coefficient (Wildman–Crippen LogP) is 0.467. The summed E-state index contributed by atoms with van der Waals surface area (Å²) in [6.45, 7) is 0.259. The lowest BCUT2D eigenvalue weighted by atomic mass is 10.2. The number of aromatic amines is 1. The number of hydrogen-bond acceptors (Lipinski definition) is 4. The Labute approximate surface area is 106 Å². The van der Waals surface area contributed by atoms with Crippen LogP contribution in [0.1, 0.15) is 11.1 Å². The maximum Gasteiger partial charge on any atom is 0.212 e. The van der Waals surface area contributed by atoms with E-state index >= 15 is 0 Å². The van der Waals surface area contributed by atoms with Gasteiger partial charge in [0.25, 0.3) is 0 Å². The van der Waals surface area contributed by atoms with E-state index < -0.39 is 10.0 Å². The van der Waals surface area contributed by atoms with Crippen LogP contribution in [0.25, 0.3) is 0 Å². The fourth-order valence-electron chi connectivity index (χ4n) is 1.44. The van der Waals surface area contributed by atoms with Gasteiger partial charge in [-0.1, -0.05) is 0 Å². The van der Waals surface area contributed by atoms with Gasteiger partial charge in [0.1, 0.15) is 0 Å². The lowest BCUT2D eigenvalue weighted by Gasteiger charge is -2.05. The summed E-state index contributed by atoms with van der Waals surface area (Å²) in [6, 6.07) is 3.62. The number of hydrogen-bond donors (Lipinski definition) is 2. The molecule has 2 aromatic rings. The molecular weight excluding hydrogens is 252 g/mol. The fourth-order valence-corrected chi connectivity index (χ4v) is 2.48. The number of nitrogens with zero attached hydrogens (tertiary/aromatic N) is 2. The minimum absolute atomic E-state index is 0.0643. The average Bonchev–Trinajstić information content (AvgIpc) is 2.89. The summed E-state index contributed by atoms with van der Waals surface area (Å²) in [5.74, 6) is 0.0643. The maximum absolute atomic E-state index is 11.7. The molecule has 2 heterocycles. The Balaban J connectivity index is 1.84. The van der Waals surface area contributed by atoms with Gasteiger partial charge in [-0.25, -0.2) is 13.1 Å². The number of pyridine rings is 1. The third-order valence-electron chi connectivity index (χ3n) is 2.46. The Morgan fingerprint density at radius 3 is 2.67 bits per heavy atom. The summed E-state index contributed by atoms with van der Waals surface area (Å²) in [6.07, 6.45) is 7.03. The maximum atomic E-state index is 11.7. The number of aromatic nitrogens is 3. The highest BCUT2D eigenvalue weighted by molar-refractivity contribution is 7.89. The molecule has 0 aliphatic heterocycles. The van der Waals surface area contributed by atoms with Gasteiger partial charge in [0.2, 0.25) is 10.0 Å². The second-order valence-electron chi connectivity index (χ2n) is 3.85. The Morgan fingerprint density at radius 2 is 2.00 bits per heavy atom. The van der Waals surface area contributed by atoms with Crippen LogP contribution in [0.4, 0.5) is 0 Å². The highest BCUT2D eigenvalue weighted by Crippen LogP contribution is 2.01. The summed E-state index contributed by atoms with van der Waals surface area (Å²) in [5.41, 5.74) is 1.76. The molecule has 0 saturated heterocycles. The van der Waals surface area contributed by atoms with Crippen molar-refractivity contribution in [3.05, 3.63) is 48.0 Å². The monoisotopic (exact) mass is 266 g/mol. The Morgan fingerprint density at radius 1 is 1.22 bits per heavy atom. The van der Waals surface area contributed by atoms with Gasteiger partial charge in [0.15, 0.2) is 0 Å². The molecule has 0 saturated carbocycles. The molecular formula is C11H14N4O2S. The smallest absolute Gasteiger partial charge is 0.212 e. The summed E-state index contributed by atoms with van der Waals surface area (Å²) in [4.78, 5) is 3.88. The largest absolute Gasteiger partial charge is 0.285 e. The molecule has 0 radical (unpaired) electrons. The third-order valence-corrected chi connectivity index (χ3v) is 3.79. The summed E-state index contributed by atoms with van der Waals surface area (Å²) < 4.78 is 26.0. The molecule has 0 fully saturated rings. The predicted molar refractivity (Wildman–Crippen MR) is 67.2 cm³/mol. The molecule has 0 spiro atoms. The highest BCUT2D eigenvalue weighted by atomic mass is 32.2. The van der Waals surface area contributed by atoms with Crippen molar-refractivity contribution in [2.75, 3.05) is 5.75 Å². The van der Waals surface area contributed by atoms with Crippen molar-refractivity contribution < 1.29 is 8.42 Å². The van der Waals surface area contributed by atoms with E-state index in [2.05, 4.69) is 19.9 Å². The van der Waals surface area contributed by atoms with Crippen LogP contribution in [0, 0.1) is 0 Å². The number of rotatable bonds is 6. The Bertz CT molecular complexity index is 566. The zero-order chi connectivity index (χ0) is 12.8. The van der Waals surface area contributed by atoms with Gasteiger partial charge in [0.05, 0.1) is 11.9 Å². The van der Waals surface area contributed by atoms with Crippen molar-refractivity contribution in [1.29, 1.82) is 0 Å². The zero-order valence-corrected chi connectivity index (χ0v) is 10.5. The third kappa shape index (κ3) is 3.94. The lowest BCUT2D eigenvalue weighted by molar-refractivity contribution is 0.580. The van der Waals surface area contributed by atoms with E-state index in [1.807, 2.05) is 12.1 Å². The van der Waals surface area contributed by atoms with Crippen LogP contribution < -0.4 is 4.72 Å². The molecule has 2 N–H and O–H groups in total. The van der Waals surface area contributed by atoms with Gasteiger partial charge in [-0.2, -0.15) is 5.10 Å². The van der Waals surface area contributed by atoms with Crippen molar-refractivity contribution in [2.45, 2.75) is 13.0 Å². The van der Waals surface area contributed by atoms with Gasteiger partial charge in [0, 0.05) is 30.7 Å². The standard InChI is InChI=1S/C11H14N4O2S/c16-18(17,15-9-11-7-13-14-8-11)6-3-10-1-4-12-5-2-10/h1-2,4-5,7-8,15H,3,6,9H2,(H,13,14). The first-order valence-electron chi connectivity index (χ1n) is 5.50. The second kappa shape index (κ2) is 5.74.